The number of nitro benzene ring substituents is 1. The van der Waals surface area contributed by atoms with Crippen LogP contribution in [0, 0.1) is 10.1 Å². The summed E-state index contributed by atoms with van der Waals surface area (Å²) in [5.41, 5.74) is 0.862. The predicted octanol–water partition coefficient (Wildman–Crippen LogP) is 4.98. The second kappa shape index (κ2) is 8.77. The van der Waals surface area contributed by atoms with Crippen molar-refractivity contribution in [3.05, 3.63) is 82.4 Å². The van der Waals surface area contributed by atoms with Crippen molar-refractivity contribution in [2.75, 3.05) is 14.2 Å². The fraction of sp³-hybridized carbons (Fsp3) is 0.143. The Kier molecular flexibility index (Phi) is 5.96. The molecular formula is C21H19NO6. The summed E-state index contributed by atoms with van der Waals surface area (Å²) in [7, 11) is 2.97. The van der Waals surface area contributed by atoms with Crippen LogP contribution in [0.1, 0.15) is 5.56 Å². The van der Waals surface area contributed by atoms with Crippen LogP contribution in [0.3, 0.4) is 0 Å². The highest BCUT2D eigenvalue weighted by atomic mass is 16.6. The molecule has 0 fully saturated rings. The van der Waals surface area contributed by atoms with Gasteiger partial charge in [-0.1, -0.05) is 30.3 Å². The molecule has 7 nitrogen and oxygen atoms in total. The molecule has 0 saturated heterocycles. The van der Waals surface area contributed by atoms with Crippen LogP contribution >= 0.6 is 0 Å². The first-order chi connectivity index (χ1) is 13.6. The van der Waals surface area contributed by atoms with E-state index < -0.39 is 4.92 Å². The molecule has 0 atom stereocenters. The summed E-state index contributed by atoms with van der Waals surface area (Å²) in [6.45, 7) is 0.408. The van der Waals surface area contributed by atoms with Gasteiger partial charge in [-0.15, -0.1) is 0 Å². The molecule has 3 aromatic carbocycles. The molecule has 0 heterocycles. The van der Waals surface area contributed by atoms with E-state index in [1.165, 1.54) is 32.4 Å². The van der Waals surface area contributed by atoms with E-state index in [-0.39, 0.29) is 11.4 Å². The molecule has 28 heavy (non-hydrogen) atoms. The topological polar surface area (TPSA) is 80.1 Å². The van der Waals surface area contributed by atoms with Crippen LogP contribution in [-0.2, 0) is 6.61 Å². The van der Waals surface area contributed by atoms with Crippen molar-refractivity contribution < 1.29 is 23.9 Å². The van der Waals surface area contributed by atoms with Crippen molar-refractivity contribution in [2.45, 2.75) is 6.61 Å². The lowest BCUT2D eigenvalue weighted by Gasteiger charge is -2.13. The summed E-state index contributed by atoms with van der Waals surface area (Å²) >= 11 is 0. The van der Waals surface area contributed by atoms with Gasteiger partial charge in [0.2, 0.25) is 5.75 Å². The summed E-state index contributed by atoms with van der Waals surface area (Å²) in [5.74, 6) is 1.81. The maximum atomic E-state index is 11.3. The lowest BCUT2D eigenvalue weighted by molar-refractivity contribution is -0.385. The highest BCUT2D eigenvalue weighted by molar-refractivity contribution is 5.55. The summed E-state index contributed by atoms with van der Waals surface area (Å²) in [6, 6.07) is 19.1. The van der Waals surface area contributed by atoms with E-state index in [1.807, 2.05) is 30.3 Å². The quantitative estimate of drug-likeness (QED) is 0.404. The summed E-state index contributed by atoms with van der Waals surface area (Å²) in [5, 5.41) is 11.3. The highest BCUT2D eigenvalue weighted by Crippen LogP contribution is 2.39. The standard InChI is InChI=1S/C21H19NO6/c1-25-16-8-10-18(22(23)24)20(12-16)28-19-11-9-17(13-21(19)26-2)27-14-15-6-4-3-5-7-15/h3-13H,14H2,1-2H3. The van der Waals surface area contributed by atoms with Crippen molar-refractivity contribution in [2.24, 2.45) is 0 Å². The summed E-state index contributed by atoms with van der Waals surface area (Å²) in [4.78, 5) is 10.8. The van der Waals surface area contributed by atoms with Gasteiger partial charge in [-0.3, -0.25) is 10.1 Å². The van der Waals surface area contributed by atoms with Gasteiger partial charge < -0.3 is 18.9 Å². The Morgan fingerprint density at radius 2 is 1.54 bits per heavy atom. The smallest absolute Gasteiger partial charge is 0.311 e. The van der Waals surface area contributed by atoms with Gasteiger partial charge in [0.25, 0.3) is 0 Å². The number of nitro groups is 1. The van der Waals surface area contributed by atoms with Gasteiger partial charge in [-0.2, -0.15) is 0 Å². The Balaban J connectivity index is 1.82. The Bertz CT molecular complexity index is 958. The van der Waals surface area contributed by atoms with Crippen LogP contribution in [-0.4, -0.2) is 19.1 Å². The van der Waals surface area contributed by atoms with Crippen molar-refractivity contribution in [1.29, 1.82) is 0 Å². The predicted molar refractivity (Wildman–Crippen MR) is 103 cm³/mol. The Morgan fingerprint density at radius 3 is 2.21 bits per heavy atom. The van der Waals surface area contributed by atoms with Crippen LogP contribution in [0.4, 0.5) is 5.69 Å². The van der Waals surface area contributed by atoms with Gasteiger partial charge in [-0.05, 0) is 23.8 Å². The third-order valence-corrected chi connectivity index (χ3v) is 3.97. The van der Waals surface area contributed by atoms with Crippen molar-refractivity contribution >= 4 is 5.69 Å². The van der Waals surface area contributed by atoms with Crippen LogP contribution in [0.5, 0.6) is 28.7 Å². The second-order valence-electron chi connectivity index (χ2n) is 5.78. The minimum atomic E-state index is -0.515. The van der Waals surface area contributed by atoms with Crippen LogP contribution in [0.2, 0.25) is 0 Å². The minimum absolute atomic E-state index is 0.0561. The monoisotopic (exact) mass is 381 g/mol. The number of benzene rings is 3. The second-order valence-corrected chi connectivity index (χ2v) is 5.78. The number of hydrogen-bond donors (Lipinski definition) is 0. The van der Waals surface area contributed by atoms with Gasteiger partial charge in [0.1, 0.15) is 18.1 Å². The molecule has 3 aromatic rings. The fourth-order valence-corrected chi connectivity index (χ4v) is 2.54. The van der Waals surface area contributed by atoms with E-state index in [0.29, 0.717) is 29.6 Å². The lowest BCUT2D eigenvalue weighted by atomic mass is 10.2. The van der Waals surface area contributed by atoms with Gasteiger partial charge in [-0.25, -0.2) is 0 Å². The maximum absolute atomic E-state index is 11.3. The molecule has 0 spiro atoms. The molecule has 0 aliphatic carbocycles. The van der Waals surface area contributed by atoms with Gasteiger partial charge in [0.05, 0.1) is 19.1 Å². The van der Waals surface area contributed by atoms with Crippen molar-refractivity contribution in [3.8, 4) is 28.7 Å². The lowest BCUT2D eigenvalue weighted by Crippen LogP contribution is -1.98. The number of ether oxygens (including phenoxy) is 4. The largest absolute Gasteiger partial charge is 0.497 e. The molecule has 0 radical (unpaired) electrons. The molecule has 0 amide bonds. The molecule has 0 bridgehead atoms. The Labute approximate surface area is 162 Å². The molecule has 0 unspecified atom stereocenters. The Hall–Kier alpha value is -3.74. The summed E-state index contributed by atoms with van der Waals surface area (Å²) in [6.07, 6.45) is 0. The maximum Gasteiger partial charge on any atom is 0.311 e. The highest BCUT2D eigenvalue weighted by Gasteiger charge is 2.19. The number of rotatable bonds is 8. The van der Waals surface area contributed by atoms with E-state index in [9.17, 15) is 10.1 Å². The molecular weight excluding hydrogens is 362 g/mol. The molecule has 0 aliphatic heterocycles. The number of nitrogens with zero attached hydrogens (tertiary/aromatic N) is 1. The minimum Gasteiger partial charge on any atom is -0.497 e. The molecule has 0 aromatic heterocycles. The first-order valence-corrected chi connectivity index (χ1v) is 8.45. The third-order valence-electron chi connectivity index (χ3n) is 3.97. The molecule has 144 valence electrons. The van der Waals surface area contributed by atoms with Crippen LogP contribution in [0.25, 0.3) is 0 Å². The molecule has 0 N–H and O–H groups in total. The van der Waals surface area contributed by atoms with Gasteiger partial charge >= 0.3 is 5.69 Å². The van der Waals surface area contributed by atoms with E-state index in [4.69, 9.17) is 18.9 Å². The van der Waals surface area contributed by atoms with Crippen molar-refractivity contribution in [1.82, 2.24) is 0 Å². The zero-order valence-corrected chi connectivity index (χ0v) is 15.5. The molecule has 3 rings (SSSR count). The SMILES string of the molecule is COc1ccc([N+](=O)[O-])c(Oc2ccc(OCc3ccccc3)cc2OC)c1. The summed E-state index contributed by atoms with van der Waals surface area (Å²) < 4.78 is 22.0. The molecule has 0 aliphatic rings. The third kappa shape index (κ3) is 4.50. The van der Waals surface area contributed by atoms with Crippen LogP contribution < -0.4 is 18.9 Å². The average Bonchev–Trinajstić information content (AvgIpc) is 2.73. The number of methoxy groups -OCH3 is 2. The first kappa shape index (κ1) is 19.0. The average molecular weight is 381 g/mol. The van der Waals surface area contributed by atoms with Crippen molar-refractivity contribution in [3.63, 3.8) is 0 Å². The van der Waals surface area contributed by atoms with E-state index in [0.717, 1.165) is 5.56 Å². The normalized spacial score (nSPS) is 10.2. The molecule has 7 heteroatoms. The van der Waals surface area contributed by atoms with Crippen LogP contribution in [0.15, 0.2) is 66.7 Å². The molecule has 0 saturated carbocycles. The number of hydrogen-bond acceptors (Lipinski definition) is 6. The van der Waals surface area contributed by atoms with E-state index in [2.05, 4.69) is 0 Å². The fourth-order valence-electron chi connectivity index (χ4n) is 2.54. The van der Waals surface area contributed by atoms with Gasteiger partial charge in [0, 0.05) is 18.2 Å². The zero-order valence-electron chi connectivity index (χ0n) is 15.5. The van der Waals surface area contributed by atoms with E-state index in [1.54, 1.807) is 18.2 Å². The van der Waals surface area contributed by atoms with Gasteiger partial charge in [0.15, 0.2) is 11.5 Å². The first-order valence-electron chi connectivity index (χ1n) is 8.45. The Morgan fingerprint density at radius 1 is 0.821 bits per heavy atom. The van der Waals surface area contributed by atoms with E-state index >= 15 is 0 Å². The zero-order chi connectivity index (χ0) is 19.9.